The summed E-state index contributed by atoms with van der Waals surface area (Å²) in [7, 11) is 2.40. The lowest BCUT2D eigenvalue weighted by Crippen LogP contribution is -2.16. The number of thiophene rings is 1. The predicted octanol–water partition coefficient (Wildman–Crippen LogP) is 1.76. The Morgan fingerprint density at radius 3 is 2.52 bits per heavy atom. The van der Waals surface area contributed by atoms with Gasteiger partial charge in [-0.15, -0.1) is 11.3 Å². The van der Waals surface area contributed by atoms with Gasteiger partial charge in [0.25, 0.3) is 0 Å². The van der Waals surface area contributed by atoms with Gasteiger partial charge >= 0.3 is 17.8 Å². The zero-order chi connectivity index (χ0) is 20.1. The predicted molar refractivity (Wildman–Crippen MR) is 93.9 cm³/mol. The molecule has 12 heteroatoms. The summed E-state index contributed by atoms with van der Waals surface area (Å²) in [6.45, 7) is 1.65. The monoisotopic (exact) mass is 396 g/mol. The van der Waals surface area contributed by atoms with Crippen LogP contribution in [0.1, 0.15) is 32.0 Å². The standard InChI is InChI=1S/C15H16N4O7S/c1-8-11(14(21)25-2)13(27-12(8)15(22)26-3)16-10(20)5-7-18-6-4-9(17-18)19(23)24/h4,6H,5,7H2,1-3H3,(H,16,20). The fraction of sp³-hybridized carbons (Fsp3) is 0.333. The number of carbonyl (C=O) groups is 3. The van der Waals surface area contributed by atoms with Gasteiger partial charge in [-0.05, 0) is 17.4 Å². The molecule has 27 heavy (non-hydrogen) atoms. The molecule has 2 heterocycles. The topological polar surface area (TPSA) is 143 Å². The quantitative estimate of drug-likeness (QED) is 0.424. The molecule has 0 aliphatic carbocycles. The van der Waals surface area contributed by atoms with Crippen LogP contribution >= 0.6 is 11.3 Å². The third-order valence-corrected chi connectivity index (χ3v) is 4.73. The van der Waals surface area contributed by atoms with E-state index in [1.165, 1.54) is 31.2 Å². The summed E-state index contributed by atoms with van der Waals surface area (Å²) in [5, 5.41) is 17.0. The minimum atomic E-state index is -0.697. The van der Waals surface area contributed by atoms with Gasteiger partial charge in [0.15, 0.2) is 0 Å². The number of nitro groups is 1. The number of nitrogens with one attached hydrogen (secondary N) is 1. The SMILES string of the molecule is COC(=O)c1sc(NC(=O)CCn2ccc([N+](=O)[O-])n2)c(C(=O)OC)c1C. The number of hydrogen-bond donors (Lipinski definition) is 1. The molecule has 0 saturated heterocycles. The van der Waals surface area contributed by atoms with Gasteiger partial charge in [0.1, 0.15) is 9.88 Å². The number of methoxy groups -OCH3 is 2. The van der Waals surface area contributed by atoms with Crippen molar-refractivity contribution in [1.82, 2.24) is 9.78 Å². The highest BCUT2D eigenvalue weighted by molar-refractivity contribution is 7.18. The molecule has 0 fully saturated rings. The molecule has 0 aliphatic heterocycles. The highest BCUT2D eigenvalue weighted by atomic mass is 32.1. The molecule has 0 aliphatic rings. The Hall–Kier alpha value is -3.28. The van der Waals surface area contributed by atoms with Crippen LogP contribution in [0.4, 0.5) is 10.8 Å². The minimum absolute atomic E-state index is 0.0516. The van der Waals surface area contributed by atoms with E-state index in [2.05, 4.69) is 15.2 Å². The molecule has 0 saturated carbocycles. The highest BCUT2D eigenvalue weighted by Crippen LogP contribution is 2.34. The smallest absolute Gasteiger partial charge is 0.389 e. The Balaban J connectivity index is 2.14. The molecule has 0 spiro atoms. The van der Waals surface area contributed by atoms with E-state index in [0.29, 0.717) is 5.56 Å². The van der Waals surface area contributed by atoms with Gasteiger partial charge in [-0.25, -0.2) is 9.59 Å². The number of anilines is 1. The lowest BCUT2D eigenvalue weighted by molar-refractivity contribution is -0.389. The van der Waals surface area contributed by atoms with Crippen molar-refractivity contribution in [3.8, 4) is 0 Å². The van der Waals surface area contributed by atoms with Crippen molar-refractivity contribution in [2.75, 3.05) is 19.5 Å². The van der Waals surface area contributed by atoms with E-state index >= 15 is 0 Å². The van der Waals surface area contributed by atoms with Crippen molar-refractivity contribution in [2.24, 2.45) is 0 Å². The van der Waals surface area contributed by atoms with Crippen LogP contribution in [0.2, 0.25) is 0 Å². The van der Waals surface area contributed by atoms with Crippen LogP contribution in [0.25, 0.3) is 0 Å². The molecule has 2 aromatic rings. The van der Waals surface area contributed by atoms with Gasteiger partial charge in [-0.1, -0.05) is 0 Å². The molecular formula is C15H16N4O7S. The van der Waals surface area contributed by atoms with Crippen LogP contribution in [-0.4, -0.2) is 46.8 Å². The summed E-state index contributed by atoms with van der Waals surface area (Å²) in [6.07, 6.45) is 1.33. The summed E-state index contributed by atoms with van der Waals surface area (Å²) in [6, 6.07) is 1.22. The number of nitrogens with zero attached hydrogens (tertiary/aromatic N) is 3. The maximum absolute atomic E-state index is 12.2. The third-order valence-electron chi connectivity index (χ3n) is 3.54. The second-order valence-electron chi connectivity index (χ2n) is 5.24. The first-order valence-electron chi connectivity index (χ1n) is 7.56. The Labute approximate surface area is 157 Å². The molecule has 0 radical (unpaired) electrons. The Bertz CT molecular complexity index is 902. The van der Waals surface area contributed by atoms with Gasteiger partial charge in [0.05, 0.1) is 43.7 Å². The van der Waals surface area contributed by atoms with E-state index < -0.39 is 22.8 Å². The number of esters is 2. The van der Waals surface area contributed by atoms with Crippen LogP contribution in [0.15, 0.2) is 12.3 Å². The summed E-state index contributed by atoms with van der Waals surface area (Å²) in [5.41, 5.74) is 0.419. The Morgan fingerprint density at radius 2 is 1.96 bits per heavy atom. The molecule has 144 valence electrons. The number of amides is 1. The fourth-order valence-corrected chi connectivity index (χ4v) is 3.34. The third kappa shape index (κ3) is 4.47. The molecule has 0 unspecified atom stereocenters. The normalized spacial score (nSPS) is 10.3. The first-order chi connectivity index (χ1) is 12.8. The van der Waals surface area contributed by atoms with Crippen molar-refractivity contribution < 1.29 is 28.8 Å². The lowest BCUT2D eigenvalue weighted by atomic mass is 10.1. The molecule has 0 aromatic carbocycles. The second kappa shape index (κ2) is 8.40. The second-order valence-corrected chi connectivity index (χ2v) is 6.26. The number of rotatable bonds is 7. The van der Waals surface area contributed by atoms with Gasteiger partial charge in [0.2, 0.25) is 5.91 Å². The van der Waals surface area contributed by atoms with Crippen LogP contribution in [-0.2, 0) is 20.8 Å². The molecular weight excluding hydrogens is 380 g/mol. The Morgan fingerprint density at radius 1 is 1.30 bits per heavy atom. The molecule has 1 amide bonds. The molecule has 0 bridgehead atoms. The van der Waals surface area contributed by atoms with Crippen LogP contribution in [0.3, 0.4) is 0 Å². The lowest BCUT2D eigenvalue weighted by Gasteiger charge is -2.05. The molecule has 2 aromatic heterocycles. The average Bonchev–Trinajstić information content (AvgIpc) is 3.24. The average molecular weight is 396 g/mol. The highest BCUT2D eigenvalue weighted by Gasteiger charge is 2.26. The zero-order valence-corrected chi connectivity index (χ0v) is 15.5. The van der Waals surface area contributed by atoms with Gasteiger partial charge in [-0.2, -0.15) is 4.68 Å². The van der Waals surface area contributed by atoms with E-state index in [1.54, 1.807) is 6.92 Å². The zero-order valence-electron chi connectivity index (χ0n) is 14.7. The van der Waals surface area contributed by atoms with Gasteiger partial charge < -0.3 is 24.9 Å². The van der Waals surface area contributed by atoms with Gasteiger partial charge in [-0.3, -0.25) is 4.79 Å². The number of carbonyl (C=O) groups excluding carboxylic acids is 3. The first-order valence-corrected chi connectivity index (χ1v) is 8.37. The largest absolute Gasteiger partial charge is 0.465 e. The van der Waals surface area contributed by atoms with E-state index in [0.717, 1.165) is 11.3 Å². The van der Waals surface area contributed by atoms with E-state index in [9.17, 15) is 24.5 Å². The molecule has 2 rings (SSSR count). The molecule has 0 atom stereocenters. The number of hydrogen-bond acceptors (Lipinski definition) is 9. The molecule has 11 nitrogen and oxygen atoms in total. The summed E-state index contributed by atoms with van der Waals surface area (Å²) < 4.78 is 10.6. The first kappa shape index (κ1) is 20.0. The van der Waals surface area contributed by atoms with E-state index in [-0.39, 0.29) is 34.2 Å². The van der Waals surface area contributed by atoms with Crippen molar-refractivity contribution in [2.45, 2.75) is 19.9 Å². The van der Waals surface area contributed by atoms with Crippen LogP contribution < -0.4 is 5.32 Å². The van der Waals surface area contributed by atoms with Crippen LogP contribution in [0.5, 0.6) is 0 Å². The number of aryl methyl sites for hydroxylation is 1. The van der Waals surface area contributed by atoms with Crippen molar-refractivity contribution >= 4 is 40.0 Å². The minimum Gasteiger partial charge on any atom is -0.465 e. The maximum atomic E-state index is 12.2. The van der Waals surface area contributed by atoms with E-state index in [4.69, 9.17) is 4.74 Å². The van der Waals surface area contributed by atoms with Gasteiger partial charge in [0, 0.05) is 6.42 Å². The fourth-order valence-electron chi connectivity index (χ4n) is 2.21. The molecule has 1 N–H and O–H groups in total. The van der Waals surface area contributed by atoms with Crippen LogP contribution in [0, 0.1) is 17.0 Å². The van der Waals surface area contributed by atoms with Crippen molar-refractivity contribution in [3.05, 3.63) is 38.4 Å². The Kier molecular flexibility index (Phi) is 6.23. The number of ether oxygens (including phenoxy) is 2. The van der Waals surface area contributed by atoms with Crippen molar-refractivity contribution in [1.29, 1.82) is 0 Å². The number of aromatic nitrogens is 2. The van der Waals surface area contributed by atoms with E-state index in [1.807, 2.05) is 0 Å². The summed E-state index contributed by atoms with van der Waals surface area (Å²) in [4.78, 5) is 46.2. The summed E-state index contributed by atoms with van der Waals surface area (Å²) in [5.74, 6) is -2.11. The maximum Gasteiger partial charge on any atom is 0.389 e. The van der Waals surface area contributed by atoms with Crippen molar-refractivity contribution in [3.63, 3.8) is 0 Å². The summed E-state index contributed by atoms with van der Waals surface area (Å²) >= 11 is 0.901.